The van der Waals surface area contributed by atoms with E-state index in [0.29, 0.717) is 21.2 Å². The molecule has 0 spiro atoms. The van der Waals surface area contributed by atoms with Crippen LogP contribution in [-0.2, 0) is 20.9 Å². The second-order valence-corrected chi connectivity index (χ2v) is 9.61. The van der Waals surface area contributed by atoms with Crippen molar-refractivity contribution >= 4 is 46.5 Å². The number of anilines is 1. The van der Waals surface area contributed by atoms with Crippen LogP contribution < -0.4 is 15.5 Å². The zero-order chi connectivity index (χ0) is 22.4. The number of amides is 3. The quantitative estimate of drug-likeness (QED) is 0.573. The van der Waals surface area contributed by atoms with E-state index in [1.807, 2.05) is 6.07 Å². The number of fused-ring (bicyclic) bond motifs is 2. The summed E-state index contributed by atoms with van der Waals surface area (Å²) >= 11 is 2.07. The summed E-state index contributed by atoms with van der Waals surface area (Å²) in [4.78, 5) is 50.8. The van der Waals surface area contributed by atoms with Crippen LogP contribution in [0.5, 0.6) is 0 Å². The van der Waals surface area contributed by atoms with Crippen molar-refractivity contribution in [1.29, 1.82) is 0 Å². The molecule has 2 N–H and O–H groups in total. The summed E-state index contributed by atoms with van der Waals surface area (Å²) in [7, 11) is 0. The molecule has 32 heavy (non-hydrogen) atoms. The Bertz CT molecular complexity index is 1290. The molecule has 1 saturated heterocycles. The molecule has 3 amide bonds. The van der Waals surface area contributed by atoms with Crippen molar-refractivity contribution in [3.05, 3.63) is 80.5 Å². The fourth-order valence-electron chi connectivity index (χ4n) is 4.07. The topological polar surface area (TPSA) is 97.3 Å². The Kier molecular flexibility index (Phi) is 5.18. The largest absolute Gasteiger partial charge is 0.325 e. The van der Waals surface area contributed by atoms with Crippen molar-refractivity contribution in [2.75, 3.05) is 5.32 Å². The van der Waals surface area contributed by atoms with Crippen molar-refractivity contribution in [2.24, 2.45) is 5.92 Å². The Morgan fingerprint density at radius 2 is 1.75 bits per heavy atom. The second kappa shape index (κ2) is 8.03. The third-order valence-electron chi connectivity index (χ3n) is 5.48. The molecule has 3 aromatic rings. The van der Waals surface area contributed by atoms with Crippen molar-refractivity contribution in [3.8, 4) is 0 Å². The van der Waals surface area contributed by atoms with Gasteiger partial charge in [0.2, 0.25) is 17.7 Å². The molecule has 0 radical (unpaired) electrons. The Morgan fingerprint density at radius 3 is 2.47 bits per heavy atom. The summed E-state index contributed by atoms with van der Waals surface area (Å²) in [6.07, 6.45) is 0. The van der Waals surface area contributed by atoms with Gasteiger partial charge in [0.25, 0.3) is 0 Å². The van der Waals surface area contributed by atoms with Crippen LogP contribution in [0.15, 0.2) is 64.4 Å². The first kappa shape index (κ1) is 20.7. The average molecular weight is 470 g/mol. The number of thiazole rings is 1. The highest BCUT2D eigenvalue weighted by Crippen LogP contribution is 2.51. The monoisotopic (exact) mass is 469 g/mol. The van der Waals surface area contributed by atoms with Gasteiger partial charge in [-0.15, -0.1) is 0 Å². The van der Waals surface area contributed by atoms with Crippen LogP contribution in [0.2, 0.25) is 0 Å². The molecule has 10 heteroatoms. The molecule has 5 rings (SSSR count). The molecule has 2 aliphatic heterocycles. The van der Waals surface area contributed by atoms with Crippen LogP contribution in [-0.4, -0.2) is 27.5 Å². The summed E-state index contributed by atoms with van der Waals surface area (Å²) in [6.45, 7) is -0.227. The number of hydrogen-bond acceptors (Lipinski definition) is 6. The summed E-state index contributed by atoms with van der Waals surface area (Å²) < 4.78 is 14.9. The lowest BCUT2D eigenvalue weighted by Gasteiger charge is -2.30. The summed E-state index contributed by atoms with van der Waals surface area (Å²) in [5, 5.41) is 4.87. The highest BCUT2D eigenvalue weighted by Gasteiger charge is 2.52. The van der Waals surface area contributed by atoms with Crippen LogP contribution in [0.1, 0.15) is 16.4 Å². The standard InChI is InChI=1S/C22H16FN3O4S2/c23-12-8-6-11(7-9-12)15-16-17(20(29)25-19(16)28)31-21-18(15)32-22(30)26(21)10-14(27)24-13-4-2-1-3-5-13/h1-9,15-17H,10H2,(H,24,27)(H,25,28,29). The van der Waals surface area contributed by atoms with Crippen molar-refractivity contribution in [1.82, 2.24) is 9.88 Å². The first-order valence-corrected chi connectivity index (χ1v) is 11.5. The van der Waals surface area contributed by atoms with E-state index in [0.717, 1.165) is 23.1 Å². The Labute approximate surface area is 189 Å². The van der Waals surface area contributed by atoms with Gasteiger partial charge in [-0.1, -0.05) is 53.4 Å². The lowest BCUT2D eigenvalue weighted by atomic mass is 9.83. The highest BCUT2D eigenvalue weighted by molar-refractivity contribution is 8.00. The molecule has 3 atom stereocenters. The third kappa shape index (κ3) is 3.55. The summed E-state index contributed by atoms with van der Waals surface area (Å²) in [5.74, 6) is -2.95. The van der Waals surface area contributed by atoms with Gasteiger partial charge in [-0.05, 0) is 29.8 Å². The van der Waals surface area contributed by atoms with Crippen LogP contribution >= 0.6 is 23.1 Å². The molecule has 1 aromatic heterocycles. The molecule has 2 aliphatic rings. The molecule has 0 saturated carbocycles. The number of para-hydroxylation sites is 1. The number of benzene rings is 2. The Hall–Kier alpha value is -3.24. The number of carbonyl (C=O) groups excluding carboxylic acids is 3. The fraction of sp³-hybridized carbons (Fsp3) is 0.182. The molecule has 3 unspecified atom stereocenters. The second-order valence-electron chi connectivity index (χ2n) is 7.48. The predicted octanol–water partition coefficient (Wildman–Crippen LogP) is 2.57. The number of nitrogens with one attached hydrogen (secondary N) is 2. The Morgan fingerprint density at radius 1 is 1.03 bits per heavy atom. The van der Waals surface area contributed by atoms with Gasteiger partial charge in [-0.3, -0.25) is 29.1 Å². The van der Waals surface area contributed by atoms with E-state index in [1.165, 1.54) is 16.7 Å². The number of halogens is 1. The number of carbonyl (C=O) groups is 3. The molecule has 162 valence electrons. The van der Waals surface area contributed by atoms with E-state index in [4.69, 9.17) is 0 Å². The maximum absolute atomic E-state index is 13.5. The zero-order valence-corrected chi connectivity index (χ0v) is 18.0. The minimum atomic E-state index is -0.734. The lowest BCUT2D eigenvalue weighted by Crippen LogP contribution is -2.32. The number of hydrogen-bond donors (Lipinski definition) is 2. The minimum Gasteiger partial charge on any atom is -0.325 e. The molecule has 7 nitrogen and oxygen atoms in total. The van der Waals surface area contributed by atoms with Gasteiger partial charge in [0.15, 0.2) is 0 Å². The van der Waals surface area contributed by atoms with E-state index >= 15 is 0 Å². The van der Waals surface area contributed by atoms with Crippen LogP contribution in [0.3, 0.4) is 0 Å². The van der Waals surface area contributed by atoms with Crippen LogP contribution in [0.4, 0.5) is 10.1 Å². The van der Waals surface area contributed by atoms with Gasteiger partial charge in [0.1, 0.15) is 17.6 Å². The third-order valence-corrected chi connectivity index (χ3v) is 8.09. The highest BCUT2D eigenvalue weighted by atomic mass is 32.2. The molecule has 3 heterocycles. The molecule has 2 aromatic carbocycles. The first-order chi connectivity index (χ1) is 15.4. The number of thioether (sulfide) groups is 1. The average Bonchev–Trinajstić information content (AvgIpc) is 3.23. The molecular formula is C22H16FN3O4S2. The number of nitrogens with zero attached hydrogens (tertiary/aromatic N) is 1. The van der Waals surface area contributed by atoms with Crippen LogP contribution in [0, 0.1) is 11.7 Å². The minimum absolute atomic E-state index is 0.227. The number of rotatable bonds is 4. The van der Waals surface area contributed by atoms with E-state index in [-0.39, 0.29) is 17.3 Å². The number of aromatic nitrogens is 1. The molecule has 0 bridgehead atoms. The zero-order valence-electron chi connectivity index (χ0n) is 16.4. The van der Waals surface area contributed by atoms with Gasteiger partial charge in [0, 0.05) is 16.5 Å². The summed E-state index contributed by atoms with van der Waals surface area (Å²) in [6, 6.07) is 14.6. The smallest absolute Gasteiger partial charge is 0.308 e. The number of imide groups is 1. The van der Waals surface area contributed by atoms with E-state index in [9.17, 15) is 23.6 Å². The lowest BCUT2D eigenvalue weighted by molar-refractivity contribution is -0.126. The normalized spacial score (nSPS) is 21.6. The Balaban J connectivity index is 1.54. The van der Waals surface area contributed by atoms with Crippen molar-refractivity contribution in [2.45, 2.75) is 22.7 Å². The van der Waals surface area contributed by atoms with Gasteiger partial charge in [-0.25, -0.2) is 4.39 Å². The van der Waals surface area contributed by atoms with Crippen molar-refractivity contribution in [3.63, 3.8) is 0 Å². The van der Waals surface area contributed by atoms with Gasteiger partial charge in [-0.2, -0.15) is 0 Å². The van der Waals surface area contributed by atoms with Crippen LogP contribution in [0.25, 0.3) is 0 Å². The molecule has 1 fully saturated rings. The fourth-order valence-corrected chi connectivity index (χ4v) is 6.81. The van der Waals surface area contributed by atoms with E-state index < -0.39 is 34.7 Å². The van der Waals surface area contributed by atoms with Gasteiger partial charge < -0.3 is 5.32 Å². The first-order valence-electron chi connectivity index (χ1n) is 9.77. The molecular weight excluding hydrogens is 453 g/mol. The predicted molar refractivity (Wildman–Crippen MR) is 118 cm³/mol. The summed E-state index contributed by atoms with van der Waals surface area (Å²) in [5.41, 5.74) is 1.24. The van der Waals surface area contributed by atoms with Gasteiger partial charge >= 0.3 is 4.87 Å². The van der Waals surface area contributed by atoms with E-state index in [1.54, 1.807) is 36.4 Å². The van der Waals surface area contributed by atoms with Crippen molar-refractivity contribution < 1.29 is 18.8 Å². The SMILES string of the molecule is O=C(Cn1c2c(sc1=O)C(c1ccc(F)cc1)C1C(=O)NC(=O)C1S2)Nc1ccccc1. The van der Waals surface area contributed by atoms with Gasteiger partial charge in [0.05, 0.1) is 10.9 Å². The molecule has 0 aliphatic carbocycles. The maximum Gasteiger partial charge on any atom is 0.308 e. The maximum atomic E-state index is 13.5. The van der Waals surface area contributed by atoms with E-state index in [2.05, 4.69) is 10.6 Å².